The largest absolute Gasteiger partial charge is 0.435 e. The summed E-state index contributed by atoms with van der Waals surface area (Å²) in [5.74, 6) is 0.152. The van der Waals surface area contributed by atoms with Crippen LogP contribution >= 0.6 is 33.9 Å². The van der Waals surface area contributed by atoms with Crippen molar-refractivity contribution in [2.45, 2.75) is 13.2 Å². The van der Waals surface area contributed by atoms with Gasteiger partial charge in [0.15, 0.2) is 0 Å². The Kier molecular flexibility index (Phi) is 4.70. The number of hydrogen-bond acceptors (Lipinski definition) is 4. The molecule has 0 radical (unpaired) electrons. The third-order valence-electron chi connectivity index (χ3n) is 2.05. The van der Waals surface area contributed by atoms with Crippen molar-refractivity contribution in [3.8, 4) is 5.75 Å². The van der Waals surface area contributed by atoms with Crippen LogP contribution in [0.1, 0.15) is 5.01 Å². The van der Waals surface area contributed by atoms with Crippen molar-refractivity contribution >= 4 is 39.6 Å². The summed E-state index contributed by atoms with van der Waals surface area (Å²) in [4.78, 5) is 4.21. The molecular weight excluding hydrogens is 373 g/mol. The van der Waals surface area contributed by atoms with Crippen molar-refractivity contribution in [3.05, 3.63) is 38.4 Å². The van der Waals surface area contributed by atoms with Crippen molar-refractivity contribution in [1.82, 2.24) is 4.98 Å². The van der Waals surface area contributed by atoms with E-state index in [4.69, 9.17) is 0 Å². The lowest BCUT2D eigenvalue weighted by Gasteiger charge is -2.07. The monoisotopic (exact) mass is 382 g/mol. The van der Waals surface area contributed by atoms with E-state index in [0.717, 1.165) is 13.6 Å². The first-order chi connectivity index (χ1) is 8.63. The number of halogens is 3. The Bertz CT molecular complexity index is 504. The molecule has 3 nitrogen and oxygen atoms in total. The summed E-state index contributed by atoms with van der Waals surface area (Å²) in [6.45, 7) is -2.18. The number of benzene rings is 1. The number of alkyl halides is 2. The molecule has 0 spiro atoms. The minimum atomic E-state index is -2.79. The van der Waals surface area contributed by atoms with Gasteiger partial charge in [0, 0.05) is 5.69 Å². The van der Waals surface area contributed by atoms with Gasteiger partial charge in [-0.05, 0) is 46.9 Å². The lowest BCUT2D eigenvalue weighted by Crippen LogP contribution is -2.02. The van der Waals surface area contributed by atoms with E-state index in [1.807, 2.05) is 6.20 Å². The van der Waals surface area contributed by atoms with Crippen LogP contribution in [0.3, 0.4) is 0 Å². The molecule has 18 heavy (non-hydrogen) atoms. The molecule has 0 unspecified atom stereocenters. The number of ether oxygens (including phenoxy) is 1. The summed E-state index contributed by atoms with van der Waals surface area (Å²) in [6, 6.07) is 6.38. The number of nitrogens with zero attached hydrogens (tertiary/aromatic N) is 1. The van der Waals surface area contributed by atoms with Crippen molar-refractivity contribution in [1.29, 1.82) is 0 Å². The minimum absolute atomic E-state index is 0.152. The van der Waals surface area contributed by atoms with E-state index in [1.54, 1.807) is 23.5 Å². The Morgan fingerprint density at radius 2 is 2.06 bits per heavy atom. The summed E-state index contributed by atoms with van der Waals surface area (Å²) in [5, 5.41) is 4.14. The SMILES string of the molecule is FC(F)Oc1ccc(NCc2ncc(I)s2)cc1. The molecule has 7 heteroatoms. The molecule has 0 atom stereocenters. The lowest BCUT2D eigenvalue weighted by atomic mass is 10.3. The maximum atomic E-state index is 11.9. The van der Waals surface area contributed by atoms with Gasteiger partial charge < -0.3 is 10.1 Å². The molecule has 0 amide bonds. The summed E-state index contributed by atoms with van der Waals surface area (Å²) < 4.78 is 29.3. The highest BCUT2D eigenvalue weighted by atomic mass is 127. The number of aromatic nitrogens is 1. The Hall–Kier alpha value is -0.960. The normalized spacial score (nSPS) is 10.7. The van der Waals surface area contributed by atoms with Gasteiger partial charge in [-0.3, -0.25) is 0 Å². The summed E-state index contributed by atoms with van der Waals surface area (Å²) >= 11 is 3.82. The second-order valence-electron chi connectivity index (χ2n) is 3.31. The van der Waals surface area contributed by atoms with Crippen LogP contribution in [0.2, 0.25) is 0 Å². The molecule has 0 aliphatic heterocycles. The molecule has 0 aliphatic rings. The van der Waals surface area contributed by atoms with Crippen molar-refractivity contribution < 1.29 is 13.5 Å². The zero-order chi connectivity index (χ0) is 13.0. The number of hydrogen-bond donors (Lipinski definition) is 1. The number of nitrogens with one attached hydrogen (secondary N) is 1. The zero-order valence-electron chi connectivity index (χ0n) is 9.07. The first-order valence-electron chi connectivity index (χ1n) is 5.02. The highest BCUT2D eigenvalue weighted by molar-refractivity contribution is 14.1. The lowest BCUT2D eigenvalue weighted by molar-refractivity contribution is -0.0498. The Morgan fingerprint density at radius 3 is 2.61 bits per heavy atom. The Morgan fingerprint density at radius 1 is 1.33 bits per heavy atom. The molecule has 0 bridgehead atoms. The number of anilines is 1. The van der Waals surface area contributed by atoms with Gasteiger partial charge in [-0.25, -0.2) is 4.98 Å². The third kappa shape index (κ3) is 4.05. The van der Waals surface area contributed by atoms with Crippen LogP contribution in [0.15, 0.2) is 30.5 Å². The summed E-state index contributed by atoms with van der Waals surface area (Å²) in [6.07, 6.45) is 1.81. The smallest absolute Gasteiger partial charge is 0.387 e. The van der Waals surface area contributed by atoms with Crippen molar-refractivity contribution in [3.63, 3.8) is 0 Å². The molecular formula is C11H9F2IN2OS. The molecule has 0 saturated heterocycles. The van der Waals surface area contributed by atoms with E-state index >= 15 is 0 Å². The molecule has 0 aliphatic carbocycles. The van der Waals surface area contributed by atoms with Gasteiger partial charge in [-0.15, -0.1) is 11.3 Å². The van der Waals surface area contributed by atoms with Crippen molar-refractivity contribution in [2.75, 3.05) is 5.32 Å². The molecule has 2 aromatic rings. The van der Waals surface area contributed by atoms with Crippen LogP contribution in [-0.2, 0) is 6.54 Å². The van der Waals surface area contributed by atoms with Crippen LogP contribution in [-0.4, -0.2) is 11.6 Å². The third-order valence-corrected chi connectivity index (χ3v) is 3.77. The molecule has 1 aromatic carbocycles. The average Bonchev–Trinajstić information content (AvgIpc) is 2.74. The van der Waals surface area contributed by atoms with Gasteiger partial charge in [0.05, 0.1) is 15.6 Å². The Labute approximate surface area is 120 Å². The van der Waals surface area contributed by atoms with Crippen LogP contribution in [0.4, 0.5) is 14.5 Å². The van der Waals surface area contributed by atoms with Gasteiger partial charge >= 0.3 is 6.61 Å². The topological polar surface area (TPSA) is 34.1 Å². The van der Waals surface area contributed by atoms with Crippen molar-refractivity contribution in [2.24, 2.45) is 0 Å². The first-order valence-corrected chi connectivity index (χ1v) is 6.92. The van der Waals surface area contributed by atoms with Crippen LogP contribution in [0, 0.1) is 2.88 Å². The second-order valence-corrected chi connectivity index (χ2v) is 6.32. The van der Waals surface area contributed by atoms with E-state index in [0.29, 0.717) is 6.54 Å². The predicted molar refractivity (Wildman–Crippen MR) is 75.2 cm³/mol. The average molecular weight is 382 g/mol. The molecule has 1 heterocycles. The molecule has 96 valence electrons. The van der Waals surface area contributed by atoms with Crippen LogP contribution in [0.25, 0.3) is 0 Å². The van der Waals surface area contributed by atoms with E-state index in [2.05, 4.69) is 37.6 Å². The molecule has 0 fully saturated rings. The fourth-order valence-electron chi connectivity index (χ4n) is 1.30. The fourth-order valence-corrected chi connectivity index (χ4v) is 2.78. The van der Waals surface area contributed by atoms with Gasteiger partial charge in [-0.2, -0.15) is 8.78 Å². The van der Waals surface area contributed by atoms with E-state index < -0.39 is 6.61 Å². The number of thiazole rings is 1. The minimum Gasteiger partial charge on any atom is -0.435 e. The predicted octanol–water partition coefficient (Wildman–Crippen LogP) is 3.96. The highest BCUT2D eigenvalue weighted by Gasteiger charge is 2.04. The van der Waals surface area contributed by atoms with Crippen LogP contribution in [0.5, 0.6) is 5.75 Å². The van der Waals surface area contributed by atoms with Gasteiger partial charge in [-0.1, -0.05) is 0 Å². The van der Waals surface area contributed by atoms with Gasteiger partial charge in [0.1, 0.15) is 10.8 Å². The van der Waals surface area contributed by atoms with Gasteiger partial charge in [0.2, 0.25) is 0 Å². The fraction of sp³-hybridized carbons (Fsp3) is 0.182. The van der Waals surface area contributed by atoms with Crippen LogP contribution < -0.4 is 10.1 Å². The first kappa shape index (κ1) is 13.5. The van der Waals surface area contributed by atoms with E-state index in [9.17, 15) is 8.78 Å². The van der Waals surface area contributed by atoms with E-state index in [-0.39, 0.29) is 5.75 Å². The molecule has 1 aromatic heterocycles. The maximum Gasteiger partial charge on any atom is 0.387 e. The molecule has 2 rings (SSSR count). The quantitative estimate of drug-likeness (QED) is 0.795. The Balaban J connectivity index is 1.90. The number of rotatable bonds is 5. The van der Waals surface area contributed by atoms with Gasteiger partial charge in [0.25, 0.3) is 0 Å². The van der Waals surface area contributed by atoms with E-state index in [1.165, 1.54) is 12.1 Å². The highest BCUT2D eigenvalue weighted by Crippen LogP contribution is 2.19. The summed E-state index contributed by atoms with van der Waals surface area (Å²) in [7, 11) is 0. The summed E-state index contributed by atoms with van der Waals surface area (Å²) in [5.41, 5.74) is 0.835. The second kappa shape index (κ2) is 6.28. The molecule has 0 saturated carbocycles. The maximum absolute atomic E-state index is 11.9. The molecule has 1 N–H and O–H groups in total. The zero-order valence-corrected chi connectivity index (χ0v) is 12.0. The standard InChI is InChI=1S/C11H9F2IN2OS/c12-11(13)17-8-3-1-7(2-4-8)15-6-10-16-5-9(14)18-10/h1-5,11,15H,6H2.